The number of carbonyl (C=O) groups excluding carboxylic acids is 1. The van der Waals surface area contributed by atoms with Crippen LogP contribution in [0.25, 0.3) is 0 Å². The first kappa shape index (κ1) is 17.3. The highest BCUT2D eigenvalue weighted by molar-refractivity contribution is 7.94. The van der Waals surface area contributed by atoms with Gasteiger partial charge in [0.1, 0.15) is 12.4 Å². The Morgan fingerprint density at radius 2 is 2.17 bits per heavy atom. The molecule has 2 rings (SSSR count). The third-order valence-electron chi connectivity index (χ3n) is 3.04. The van der Waals surface area contributed by atoms with Crippen LogP contribution in [0.1, 0.15) is 6.92 Å². The van der Waals surface area contributed by atoms with Crippen LogP contribution >= 0.6 is 0 Å². The molecule has 1 aromatic carbocycles. The standard InChI is InChI=1S/C15H20N2O5S/c1-2-21-7-8-22-14-5-3-4-12(10-14)16-15(18)17-13-6-9-23(19,20)11-13/h3-6,9-10,13H,2,7-8,11H2,1H3,(H2,16,17,18)/t13-/m1/s1. The number of urea groups is 1. The smallest absolute Gasteiger partial charge is 0.319 e. The molecular formula is C15H20N2O5S. The molecule has 2 amide bonds. The van der Waals surface area contributed by atoms with Crippen LogP contribution in [0.5, 0.6) is 5.75 Å². The fourth-order valence-corrected chi connectivity index (χ4v) is 3.26. The van der Waals surface area contributed by atoms with E-state index >= 15 is 0 Å². The normalized spacial score (nSPS) is 18.6. The number of rotatable bonds is 7. The van der Waals surface area contributed by atoms with Crippen molar-refractivity contribution in [2.24, 2.45) is 0 Å². The molecule has 1 aromatic rings. The van der Waals surface area contributed by atoms with E-state index in [9.17, 15) is 13.2 Å². The quantitative estimate of drug-likeness (QED) is 0.734. The Labute approximate surface area is 135 Å². The molecule has 0 saturated carbocycles. The maximum atomic E-state index is 11.9. The molecule has 7 nitrogen and oxygen atoms in total. The summed E-state index contributed by atoms with van der Waals surface area (Å²) in [4.78, 5) is 11.9. The number of nitrogens with one attached hydrogen (secondary N) is 2. The van der Waals surface area contributed by atoms with Gasteiger partial charge in [-0.25, -0.2) is 13.2 Å². The second-order valence-electron chi connectivity index (χ2n) is 4.94. The van der Waals surface area contributed by atoms with E-state index in [1.165, 1.54) is 6.08 Å². The maximum absolute atomic E-state index is 11.9. The largest absolute Gasteiger partial charge is 0.491 e. The van der Waals surface area contributed by atoms with Crippen molar-refractivity contribution >= 4 is 21.6 Å². The van der Waals surface area contributed by atoms with Crippen molar-refractivity contribution in [1.82, 2.24) is 5.32 Å². The topological polar surface area (TPSA) is 93.7 Å². The summed E-state index contributed by atoms with van der Waals surface area (Å²) >= 11 is 0. The van der Waals surface area contributed by atoms with Gasteiger partial charge in [0.25, 0.3) is 0 Å². The van der Waals surface area contributed by atoms with Crippen LogP contribution in [-0.2, 0) is 14.6 Å². The zero-order valence-electron chi connectivity index (χ0n) is 12.8. The highest BCUT2D eigenvalue weighted by Gasteiger charge is 2.22. The van der Waals surface area contributed by atoms with E-state index in [1.807, 2.05) is 6.92 Å². The zero-order chi connectivity index (χ0) is 16.7. The van der Waals surface area contributed by atoms with E-state index in [0.29, 0.717) is 31.3 Å². The van der Waals surface area contributed by atoms with E-state index in [0.717, 1.165) is 5.41 Å². The Kier molecular flexibility index (Phi) is 6.00. The maximum Gasteiger partial charge on any atom is 0.319 e. The summed E-state index contributed by atoms with van der Waals surface area (Å²) in [6.07, 6.45) is 1.46. The van der Waals surface area contributed by atoms with Gasteiger partial charge >= 0.3 is 6.03 Å². The third-order valence-corrected chi connectivity index (χ3v) is 4.43. The van der Waals surface area contributed by atoms with Crippen molar-refractivity contribution in [3.8, 4) is 5.75 Å². The number of carbonyl (C=O) groups is 1. The molecule has 2 N–H and O–H groups in total. The molecule has 23 heavy (non-hydrogen) atoms. The van der Waals surface area contributed by atoms with E-state index in [2.05, 4.69) is 10.6 Å². The molecule has 0 aliphatic carbocycles. The summed E-state index contributed by atoms with van der Waals surface area (Å²) in [6, 6.07) is 5.96. The van der Waals surface area contributed by atoms with Crippen molar-refractivity contribution in [3.05, 3.63) is 35.7 Å². The third kappa shape index (κ3) is 5.91. The molecule has 0 unspecified atom stereocenters. The molecule has 0 bridgehead atoms. The minimum Gasteiger partial charge on any atom is -0.491 e. The minimum atomic E-state index is -3.19. The van der Waals surface area contributed by atoms with Crippen LogP contribution in [0, 0.1) is 0 Å². The molecule has 1 aliphatic rings. The second kappa shape index (κ2) is 7.98. The summed E-state index contributed by atoms with van der Waals surface area (Å²) < 4.78 is 33.3. The SMILES string of the molecule is CCOCCOc1cccc(NC(=O)N[C@@H]2C=CS(=O)(=O)C2)c1. The highest BCUT2D eigenvalue weighted by Crippen LogP contribution is 2.17. The number of hydrogen-bond donors (Lipinski definition) is 2. The van der Waals surface area contributed by atoms with Crippen LogP contribution in [0.15, 0.2) is 35.7 Å². The van der Waals surface area contributed by atoms with Gasteiger partial charge in [0.15, 0.2) is 9.84 Å². The minimum absolute atomic E-state index is 0.110. The first-order chi connectivity index (χ1) is 11.0. The zero-order valence-corrected chi connectivity index (χ0v) is 13.6. The van der Waals surface area contributed by atoms with E-state index in [1.54, 1.807) is 24.3 Å². The van der Waals surface area contributed by atoms with Crippen molar-refractivity contribution in [3.63, 3.8) is 0 Å². The van der Waals surface area contributed by atoms with Crippen molar-refractivity contribution in [2.75, 3.05) is 30.9 Å². The van der Waals surface area contributed by atoms with Gasteiger partial charge in [0, 0.05) is 23.8 Å². The number of anilines is 1. The van der Waals surface area contributed by atoms with Crippen molar-refractivity contribution in [1.29, 1.82) is 0 Å². The fraction of sp³-hybridized carbons (Fsp3) is 0.400. The van der Waals surface area contributed by atoms with Gasteiger partial charge in [0.2, 0.25) is 0 Å². The average molecular weight is 340 g/mol. The number of benzene rings is 1. The van der Waals surface area contributed by atoms with Gasteiger partial charge in [-0.15, -0.1) is 0 Å². The summed E-state index contributed by atoms with van der Waals surface area (Å²) in [5.41, 5.74) is 0.557. The van der Waals surface area contributed by atoms with Crippen LogP contribution in [0.2, 0.25) is 0 Å². The lowest BCUT2D eigenvalue weighted by molar-refractivity contribution is 0.110. The van der Waals surface area contributed by atoms with Crippen LogP contribution in [-0.4, -0.2) is 46.1 Å². The van der Waals surface area contributed by atoms with Gasteiger partial charge in [-0.2, -0.15) is 0 Å². The number of ether oxygens (including phenoxy) is 2. The molecule has 126 valence electrons. The molecule has 0 fully saturated rings. The molecule has 1 heterocycles. The first-order valence-corrected chi connectivity index (χ1v) is 8.99. The molecule has 1 aliphatic heterocycles. The molecule has 1 atom stereocenters. The molecule has 0 spiro atoms. The average Bonchev–Trinajstić information content (AvgIpc) is 2.83. The molecule has 0 saturated heterocycles. The van der Waals surface area contributed by atoms with Gasteiger partial charge < -0.3 is 20.1 Å². The summed E-state index contributed by atoms with van der Waals surface area (Å²) in [5, 5.41) is 6.35. The Balaban J connectivity index is 1.82. The predicted octanol–water partition coefficient (Wildman–Crippen LogP) is 1.53. The van der Waals surface area contributed by atoms with E-state index < -0.39 is 21.9 Å². The van der Waals surface area contributed by atoms with Gasteiger partial charge in [-0.05, 0) is 25.1 Å². The van der Waals surface area contributed by atoms with Crippen LogP contribution in [0.4, 0.5) is 10.5 Å². The van der Waals surface area contributed by atoms with Gasteiger partial charge in [-0.1, -0.05) is 6.07 Å². The number of sulfone groups is 1. The van der Waals surface area contributed by atoms with Crippen LogP contribution in [0.3, 0.4) is 0 Å². The van der Waals surface area contributed by atoms with Gasteiger partial charge in [-0.3, -0.25) is 0 Å². The van der Waals surface area contributed by atoms with Crippen molar-refractivity contribution in [2.45, 2.75) is 13.0 Å². The van der Waals surface area contributed by atoms with E-state index in [-0.39, 0.29) is 5.75 Å². The molecule has 0 aromatic heterocycles. The van der Waals surface area contributed by atoms with Gasteiger partial charge in [0.05, 0.1) is 18.4 Å². The Bertz CT molecular complexity index is 672. The first-order valence-electron chi connectivity index (χ1n) is 7.27. The monoisotopic (exact) mass is 340 g/mol. The Morgan fingerprint density at radius 3 is 2.87 bits per heavy atom. The predicted molar refractivity (Wildman–Crippen MR) is 87.3 cm³/mol. The van der Waals surface area contributed by atoms with Crippen LogP contribution < -0.4 is 15.4 Å². The molecule has 0 radical (unpaired) electrons. The summed E-state index contributed by atoms with van der Waals surface area (Å²) in [6.45, 7) is 3.47. The highest BCUT2D eigenvalue weighted by atomic mass is 32.2. The lowest BCUT2D eigenvalue weighted by Crippen LogP contribution is -2.38. The van der Waals surface area contributed by atoms with E-state index in [4.69, 9.17) is 9.47 Å². The summed E-state index contributed by atoms with van der Waals surface area (Å²) in [5.74, 6) is 0.506. The lowest BCUT2D eigenvalue weighted by atomic mass is 10.3. The fourth-order valence-electron chi connectivity index (χ4n) is 2.03. The number of amides is 2. The van der Waals surface area contributed by atoms with Crippen molar-refractivity contribution < 1.29 is 22.7 Å². The Hall–Kier alpha value is -2.06. The second-order valence-corrected chi connectivity index (χ2v) is 6.87. The Morgan fingerprint density at radius 1 is 1.35 bits per heavy atom. The molecular weight excluding hydrogens is 320 g/mol. The lowest BCUT2D eigenvalue weighted by Gasteiger charge is -2.12. The number of hydrogen-bond acceptors (Lipinski definition) is 5. The summed E-state index contributed by atoms with van der Waals surface area (Å²) in [7, 11) is -3.19. The molecule has 8 heteroatoms.